The molecular weight excluding hydrogens is 676 g/mol. The van der Waals surface area contributed by atoms with Crippen LogP contribution in [0, 0.1) is 52.3 Å². The molecule has 0 aromatic rings. The van der Waals surface area contributed by atoms with Gasteiger partial charge >= 0.3 is 0 Å². The maximum atomic E-state index is 11.2. The Morgan fingerprint density at radius 1 is 0.673 bits per heavy atom. The first-order valence-electron chi connectivity index (χ1n) is 20.3. The Balaban J connectivity index is 0.892. The van der Waals surface area contributed by atoms with Gasteiger partial charge in [-0.2, -0.15) is 0 Å². The standard InChI is InChI=1S/C39H64O13/c1-18-7-12-39(47-17-18)19(2)28-25(52-39)14-24-22-6-5-20-13-21(8-10-37(20,3)23(22)9-11-38(24,28)4)48-35-33(46)31(44)34(27(16-41)50-35)51-36-32(45)30(43)29(42)26(15-40)49-36/h18-36,40-46H,5-17H2,1-4H3/t18-,19+,20?,21?,22-,23+,24+,25+,26-,27-,28+,29-,30+,31-,32-,33-,34+,35+,36-,37+,38+,39-/m1/s1. The van der Waals surface area contributed by atoms with Crippen molar-refractivity contribution in [1.82, 2.24) is 0 Å². The summed E-state index contributed by atoms with van der Waals surface area (Å²) >= 11 is 0. The van der Waals surface area contributed by atoms with Crippen LogP contribution in [0.2, 0.25) is 0 Å². The highest BCUT2D eigenvalue weighted by atomic mass is 16.7. The Kier molecular flexibility index (Phi) is 10.4. The molecule has 52 heavy (non-hydrogen) atoms. The second kappa shape index (κ2) is 14.1. The molecule has 4 heterocycles. The van der Waals surface area contributed by atoms with Gasteiger partial charge in [-0.1, -0.05) is 27.7 Å². The second-order valence-electron chi connectivity index (χ2n) is 18.7. The molecule has 0 aromatic carbocycles. The average Bonchev–Trinajstić information content (AvgIpc) is 3.58. The van der Waals surface area contributed by atoms with E-state index >= 15 is 0 Å². The highest BCUT2D eigenvalue weighted by molar-refractivity contribution is 5.15. The topological polar surface area (TPSA) is 197 Å². The van der Waals surface area contributed by atoms with Crippen molar-refractivity contribution in [3.05, 3.63) is 0 Å². The molecule has 13 heteroatoms. The lowest BCUT2D eigenvalue weighted by Crippen LogP contribution is -2.65. The van der Waals surface area contributed by atoms with Crippen molar-refractivity contribution in [2.45, 2.75) is 171 Å². The molecular formula is C39H64O13. The van der Waals surface area contributed by atoms with Crippen LogP contribution in [0.25, 0.3) is 0 Å². The SMILES string of the molecule is C[C@@H]1CC[C@@]2(OC1)O[C@H]1C[C@H]3[C@@H]4CCC5CC(O[C@H]6O[C@H](CO)[C@H](O[C@H]7O[C@H](CO)[C@@H](O)[C@H](O)[C@H]7O)[C@H](O)[C@H]6O)CC[C@]5(C)[C@H]4CC[C@]3(C)[C@H]1[C@@H]2C. The molecule has 13 nitrogen and oxygen atoms in total. The predicted octanol–water partition coefficient (Wildman–Crippen LogP) is 1.44. The molecule has 1 spiro atoms. The van der Waals surface area contributed by atoms with Gasteiger partial charge in [-0.3, -0.25) is 0 Å². The van der Waals surface area contributed by atoms with Crippen molar-refractivity contribution in [3.8, 4) is 0 Å². The van der Waals surface area contributed by atoms with Gasteiger partial charge in [0.1, 0.15) is 48.8 Å². The zero-order chi connectivity index (χ0) is 36.9. The minimum atomic E-state index is -1.71. The van der Waals surface area contributed by atoms with E-state index in [0.717, 1.165) is 45.1 Å². The maximum Gasteiger partial charge on any atom is 0.187 e. The molecule has 298 valence electrons. The quantitative estimate of drug-likeness (QED) is 0.194. The molecule has 4 saturated heterocycles. The van der Waals surface area contributed by atoms with Gasteiger partial charge in [0.2, 0.25) is 0 Å². The fourth-order valence-corrected chi connectivity index (χ4v) is 13.2. The third kappa shape index (κ3) is 5.98. The molecule has 0 bridgehead atoms. The number of ether oxygens (including phenoxy) is 6. The number of aliphatic hydroxyl groups is 7. The van der Waals surface area contributed by atoms with Gasteiger partial charge in [-0.05, 0) is 104 Å². The smallest absolute Gasteiger partial charge is 0.187 e. The third-order valence-electron chi connectivity index (χ3n) is 16.2. The van der Waals surface area contributed by atoms with E-state index in [1.54, 1.807) is 0 Å². The van der Waals surface area contributed by atoms with E-state index < -0.39 is 80.4 Å². The number of rotatable bonds is 6. The summed E-state index contributed by atoms with van der Waals surface area (Å²) in [6.07, 6.45) is -3.66. The molecule has 4 aliphatic heterocycles. The summed E-state index contributed by atoms with van der Waals surface area (Å²) in [5, 5.41) is 72.8. The van der Waals surface area contributed by atoms with Crippen LogP contribution in [0.15, 0.2) is 0 Å². The molecule has 8 fully saturated rings. The lowest BCUT2D eigenvalue weighted by molar-refractivity contribution is -0.364. The lowest BCUT2D eigenvalue weighted by atomic mass is 9.44. The first-order valence-corrected chi connectivity index (χ1v) is 20.3. The minimum absolute atomic E-state index is 0.188. The van der Waals surface area contributed by atoms with Crippen molar-refractivity contribution in [3.63, 3.8) is 0 Å². The van der Waals surface area contributed by atoms with Gasteiger partial charge in [0, 0.05) is 12.3 Å². The summed E-state index contributed by atoms with van der Waals surface area (Å²) in [4.78, 5) is 0. The number of fused-ring (bicyclic) bond motifs is 7. The van der Waals surface area contributed by atoms with E-state index in [0.29, 0.717) is 41.4 Å². The van der Waals surface area contributed by atoms with E-state index in [2.05, 4.69) is 27.7 Å². The van der Waals surface area contributed by atoms with Gasteiger partial charge in [0.05, 0.1) is 32.0 Å². The zero-order valence-corrected chi connectivity index (χ0v) is 31.2. The van der Waals surface area contributed by atoms with Crippen LogP contribution in [-0.2, 0) is 28.4 Å². The lowest BCUT2D eigenvalue weighted by Gasteiger charge is -2.61. The van der Waals surface area contributed by atoms with E-state index in [1.807, 2.05) is 0 Å². The summed E-state index contributed by atoms with van der Waals surface area (Å²) in [6, 6.07) is 0. The highest BCUT2D eigenvalue weighted by Crippen LogP contribution is 2.71. The first-order chi connectivity index (χ1) is 24.7. The van der Waals surface area contributed by atoms with Crippen LogP contribution in [0.1, 0.15) is 91.9 Å². The Morgan fingerprint density at radius 2 is 1.37 bits per heavy atom. The molecule has 22 atom stereocenters. The number of aliphatic hydroxyl groups excluding tert-OH is 7. The molecule has 8 rings (SSSR count). The van der Waals surface area contributed by atoms with Gasteiger partial charge in [-0.25, -0.2) is 0 Å². The van der Waals surface area contributed by atoms with Crippen molar-refractivity contribution in [1.29, 1.82) is 0 Å². The van der Waals surface area contributed by atoms with Crippen molar-refractivity contribution >= 4 is 0 Å². The zero-order valence-electron chi connectivity index (χ0n) is 31.2. The largest absolute Gasteiger partial charge is 0.394 e. The third-order valence-corrected chi connectivity index (χ3v) is 16.2. The van der Waals surface area contributed by atoms with Crippen LogP contribution in [0.4, 0.5) is 0 Å². The predicted molar refractivity (Wildman–Crippen MR) is 183 cm³/mol. The fourth-order valence-electron chi connectivity index (χ4n) is 13.2. The van der Waals surface area contributed by atoms with Crippen LogP contribution in [0.5, 0.6) is 0 Å². The van der Waals surface area contributed by atoms with E-state index in [4.69, 9.17) is 28.4 Å². The Morgan fingerprint density at radius 3 is 2.08 bits per heavy atom. The summed E-state index contributed by atoms with van der Waals surface area (Å²) in [5.41, 5.74) is 0.468. The van der Waals surface area contributed by atoms with Crippen LogP contribution in [0.3, 0.4) is 0 Å². The molecule has 0 radical (unpaired) electrons. The monoisotopic (exact) mass is 740 g/mol. The summed E-state index contributed by atoms with van der Waals surface area (Å²) in [6.45, 7) is 9.33. The molecule has 2 unspecified atom stereocenters. The molecule has 0 aromatic heterocycles. The summed E-state index contributed by atoms with van der Waals surface area (Å²) in [5.74, 6) is 3.63. The summed E-state index contributed by atoms with van der Waals surface area (Å²) in [7, 11) is 0. The Hall–Kier alpha value is -0.520. The fraction of sp³-hybridized carbons (Fsp3) is 1.00. The van der Waals surface area contributed by atoms with Gasteiger partial charge in [-0.15, -0.1) is 0 Å². The van der Waals surface area contributed by atoms with E-state index in [-0.39, 0.29) is 23.0 Å². The molecule has 0 amide bonds. The normalized spacial score (nSPS) is 59.0. The van der Waals surface area contributed by atoms with Crippen LogP contribution in [-0.4, -0.2) is 135 Å². The second-order valence-corrected chi connectivity index (χ2v) is 18.7. The Bertz CT molecular complexity index is 1260. The number of hydrogen-bond acceptors (Lipinski definition) is 13. The van der Waals surface area contributed by atoms with Crippen molar-refractivity contribution < 1.29 is 64.2 Å². The van der Waals surface area contributed by atoms with Gasteiger partial charge in [0.15, 0.2) is 18.4 Å². The van der Waals surface area contributed by atoms with E-state index in [9.17, 15) is 35.7 Å². The average molecular weight is 741 g/mol. The molecule has 4 saturated carbocycles. The van der Waals surface area contributed by atoms with Crippen molar-refractivity contribution in [2.75, 3.05) is 19.8 Å². The van der Waals surface area contributed by atoms with Crippen molar-refractivity contribution in [2.24, 2.45) is 52.3 Å². The van der Waals surface area contributed by atoms with Crippen LogP contribution >= 0.6 is 0 Å². The molecule has 7 N–H and O–H groups in total. The summed E-state index contributed by atoms with van der Waals surface area (Å²) < 4.78 is 37.0. The number of hydrogen-bond donors (Lipinski definition) is 7. The highest BCUT2D eigenvalue weighted by Gasteiger charge is 2.69. The minimum Gasteiger partial charge on any atom is -0.394 e. The molecule has 8 aliphatic rings. The van der Waals surface area contributed by atoms with Gasteiger partial charge < -0.3 is 64.2 Å². The first kappa shape index (κ1) is 38.4. The Labute approximate surface area is 307 Å². The van der Waals surface area contributed by atoms with Gasteiger partial charge in [0.25, 0.3) is 0 Å². The van der Waals surface area contributed by atoms with E-state index in [1.165, 1.54) is 25.7 Å². The van der Waals surface area contributed by atoms with Crippen LogP contribution < -0.4 is 0 Å². The maximum absolute atomic E-state index is 11.2. The molecule has 4 aliphatic carbocycles.